The second-order valence-corrected chi connectivity index (χ2v) is 8.86. The fraction of sp³-hybridized carbons (Fsp3) is 0.120. The Kier molecular flexibility index (Phi) is 7.60. The average molecular weight is 499 g/mol. The molecule has 1 saturated heterocycles. The lowest BCUT2D eigenvalue weighted by Crippen LogP contribution is -2.19. The molecule has 0 bridgehead atoms. The summed E-state index contributed by atoms with van der Waals surface area (Å²) in [5, 5.41) is 4.46. The molecular formula is C25H20Cl2N2O3S. The minimum atomic E-state index is -0.189. The number of amidine groups is 1. The minimum absolute atomic E-state index is 0.189. The molecule has 3 aromatic rings. The summed E-state index contributed by atoms with van der Waals surface area (Å²) in [7, 11) is 0. The van der Waals surface area contributed by atoms with Gasteiger partial charge >= 0.3 is 0 Å². The van der Waals surface area contributed by atoms with E-state index in [-0.39, 0.29) is 12.5 Å². The molecule has 0 saturated carbocycles. The van der Waals surface area contributed by atoms with Crippen LogP contribution in [0.3, 0.4) is 0 Å². The van der Waals surface area contributed by atoms with E-state index in [4.69, 9.17) is 32.7 Å². The zero-order valence-electron chi connectivity index (χ0n) is 17.7. The molecule has 0 spiro atoms. The Balaban J connectivity index is 1.51. The summed E-state index contributed by atoms with van der Waals surface area (Å²) < 4.78 is 11.7. The second-order valence-electron chi connectivity index (χ2n) is 6.98. The fourth-order valence-electron chi connectivity index (χ4n) is 3.05. The smallest absolute Gasteiger partial charge is 0.264 e. The van der Waals surface area contributed by atoms with E-state index in [1.807, 2.05) is 61.5 Å². The van der Waals surface area contributed by atoms with E-state index in [0.29, 0.717) is 38.2 Å². The maximum atomic E-state index is 12.4. The van der Waals surface area contributed by atoms with Crippen molar-refractivity contribution in [3.05, 3.63) is 92.8 Å². The van der Waals surface area contributed by atoms with Gasteiger partial charge in [-0.2, -0.15) is 0 Å². The molecule has 0 radical (unpaired) electrons. The number of hydrogen-bond donors (Lipinski definition) is 1. The standard InChI is InChI=1S/C25H20Cl2N2O3S/c1-2-31-22-12-16(8-11-21(22)32-15-17-9-10-18(26)14-20(17)27)13-23-24(30)29-25(33-23)28-19-6-4-3-5-7-19/h3-14H,2,15H2,1H3,(H,28,29,30)/b23-13-. The average Bonchev–Trinajstić information content (AvgIpc) is 3.13. The topological polar surface area (TPSA) is 59.9 Å². The molecule has 0 atom stereocenters. The molecule has 1 aliphatic rings. The maximum Gasteiger partial charge on any atom is 0.264 e. The van der Waals surface area contributed by atoms with Crippen LogP contribution >= 0.6 is 35.0 Å². The summed E-state index contributed by atoms with van der Waals surface area (Å²) in [4.78, 5) is 17.4. The molecule has 1 aliphatic heterocycles. The number of rotatable bonds is 7. The molecule has 1 heterocycles. The lowest BCUT2D eigenvalue weighted by Gasteiger charge is -2.13. The van der Waals surface area contributed by atoms with Gasteiger partial charge in [0.1, 0.15) is 6.61 Å². The van der Waals surface area contributed by atoms with Crippen LogP contribution in [-0.4, -0.2) is 17.7 Å². The number of hydrogen-bond acceptors (Lipinski definition) is 5. The van der Waals surface area contributed by atoms with E-state index in [1.165, 1.54) is 11.8 Å². The summed E-state index contributed by atoms with van der Waals surface area (Å²) in [6.07, 6.45) is 1.80. The van der Waals surface area contributed by atoms with E-state index < -0.39 is 0 Å². The zero-order valence-corrected chi connectivity index (χ0v) is 20.0. The van der Waals surface area contributed by atoms with Gasteiger partial charge in [0.15, 0.2) is 16.7 Å². The molecule has 4 rings (SSSR count). The predicted octanol–water partition coefficient (Wildman–Crippen LogP) is 6.86. The molecule has 0 aliphatic carbocycles. The Morgan fingerprint density at radius 1 is 1.00 bits per heavy atom. The molecule has 33 heavy (non-hydrogen) atoms. The van der Waals surface area contributed by atoms with Gasteiger partial charge in [0.2, 0.25) is 0 Å². The van der Waals surface area contributed by atoms with Crippen LogP contribution in [0.5, 0.6) is 11.5 Å². The Morgan fingerprint density at radius 3 is 2.58 bits per heavy atom. The van der Waals surface area contributed by atoms with Crippen molar-refractivity contribution < 1.29 is 14.3 Å². The maximum absolute atomic E-state index is 12.4. The molecule has 5 nitrogen and oxygen atoms in total. The highest BCUT2D eigenvalue weighted by Crippen LogP contribution is 2.33. The van der Waals surface area contributed by atoms with Crippen molar-refractivity contribution in [3.63, 3.8) is 0 Å². The number of para-hydroxylation sites is 1. The van der Waals surface area contributed by atoms with Crippen molar-refractivity contribution in [2.45, 2.75) is 13.5 Å². The summed E-state index contributed by atoms with van der Waals surface area (Å²) >= 11 is 13.5. The normalized spacial score (nSPS) is 15.7. The molecule has 1 fully saturated rings. The van der Waals surface area contributed by atoms with Crippen LogP contribution in [0.15, 0.2) is 76.6 Å². The van der Waals surface area contributed by atoms with E-state index >= 15 is 0 Å². The molecule has 1 N–H and O–H groups in total. The molecule has 0 aromatic heterocycles. The van der Waals surface area contributed by atoms with Gasteiger partial charge in [-0.15, -0.1) is 0 Å². The summed E-state index contributed by atoms with van der Waals surface area (Å²) in [5.74, 6) is 0.976. The van der Waals surface area contributed by atoms with E-state index in [2.05, 4.69) is 10.3 Å². The van der Waals surface area contributed by atoms with E-state index in [0.717, 1.165) is 16.8 Å². The van der Waals surface area contributed by atoms with Gasteiger partial charge in [-0.05, 0) is 66.7 Å². The number of ether oxygens (including phenoxy) is 2. The number of amides is 1. The van der Waals surface area contributed by atoms with Gasteiger partial charge < -0.3 is 14.8 Å². The number of nitrogens with zero attached hydrogens (tertiary/aromatic N) is 1. The first kappa shape index (κ1) is 23.2. The van der Waals surface area contributed by atoms with Crippen LogP contribution < -0.4 is 14.8 Å². The molecular weight excluding hydrogens is 479 g/mol. The Hall–Kier alpha value is -2.93. The van der Waals surface area contributed by atoms with Crippen LogP contribution in [0.4, 0.5) is 5.69 Å². The van der Waals surface area contributed by atoms with Crippen molar-refractivity contribution in [1.29, 1.82) is 0 Å². The number of carbonyl (C=O) groups is 1. The first-order chi connectivity index (χ1) is 16.0. The predicted molar refractivity (Wildman–Crippen MR) is 136 cm³/mol. The Bertz CT molecular complexity index is 1230. The van der Waals surface area contributed by atoms with E-state index in [9.17, 15) is 4.79 Å². The van der Waals surface area contributed by atoms with Gasteiger partial charge in [-0.1, -0.05) is 53.5 Å². The number of nitrogens with one attached hydrogen (secondary N) is 1. The monoisotopic (exact) mass is 498 g/mol. The Labute approximate surface area is 206 Å². The highest BCUT2D eigenvalue weighted by molar-refractivity contribution is 8.18. The van der Waals surface area contributed by atoms with Gasteiger partial charge in [0, 0.05) is 15.6 Å². The number of aliphatic imine (C=N–C) groups is 1. The molecule has 3 aromatic carbocycles. The lowest BCUT2D eigenvalue weighted by atomic mass is 10.2. The lowest BCUT2D eigenvalue weighted by molar-refractivity contribution is -0.115. The molecule has 0 unspecified atom stereocenters. The highest BCUT2D eigenvalue weighted by atomic mass is 35.5. The largest absolute Gasteiger partial charge is 0.490 e. The zero-order chi connectivity index (χ0) is 23.2. The van der Waals surface area contributed by atoms with Crippen LogP contribution in [0, 0.1) is 0 Å². The molecule has 1 amide bonds. The van der Waals surface area contributed by atoms with Crippen molar-refractivity contribution in [2.24, 2.45) is 4.99 Å². The number of thioether (sulfide) groups is 1. The third kappa shape index (κ3) is 6.11. The SMILES string of the molecule is CCOc1cc(/C=C2\SC(=Nc3ccccc3)NC2=O)ccc1OCc1ccc(Cl)cc1Cl. The third-order valence-corrected chi connectivity index (χ3v) is 6.10. The number of carbonyl (C=O) groups excluding carboxylic acids is 1. The summed E-state index contributed by atoms with van der Waals surface area (Å²) in [6, 6.07) is 20.3. The number of halogens is 2. The van der Waals surface area contributed by atoms with Crippen LogP contribution in [0.1, 0.15) is 18.1 Å². The quantitative estimate of drug-likeness (QED) is 0.361. The Morgan fingerprint density at radius 2 is 1.82 bits per heavy atom. The summed E-state index contributed by atoms with van der Waals surface area (Å²) in [5.41, 5.74) is 2.41. The van der Waals surface area contributed by atoms with Crippen molar-refractivity contribution in [2.75, 3.05) is 6.61 Å². The van der Waals surface area contributed by atoms with E-state index in [1.54, 1.807) is 18.2 Å². The van der Waals surface area contributed by atoms with Gasteiger partial charge in [0.05, 0.1) is 17.2 Å². The highest BCUT2D eigenvalue weighted by Gasteiger charge is 2.24. The van der Waals surface area contributed by atoms with Crippen LogP contribution in [-0.2, 0) is 11.4 Å². The summed E-state index contributed by atoms with van der Waals surface area (Å²) in [6.45, 7) is 2.65. The van der Waals surface area contributed by atoms with Crippen molar-refractivity contribution in [3.8, 4) is 11.5 Å². The van der Waals surface area contributed by atoms with Crippen molar-refractivity contribution in [1.82, 2.24) is 5.32 Å². The third-order valence-electron chi connectivity index (χ3n) is 4.60. The van der Waals surface area contributed by atoms with Crippen LogP contribution in [0.2, 0.25) is 10.0 Å². The molecule has 168 valence electrons. The fourth-order valence-corrected chi connectivity index (χ4v) is 4.35. The van der Waals surface area contributed by atoms with Crippen LogP contribution in [0.25, 0.3) is 6.08 Å². The minimum Gasteiger partial charge on any atom is -0.490 e. The van der Waals surface area contributed by atoms with Crippen molar-refractivity contribution >= 4 is 57.8 Å². The second kappa shape index (κ2) is 10.8. The first-order valence-corrected chi connectivity index (χ1v) is 11.8. The van der Waals surface area contributed by atoms with Gasteiger partial charge in [-0.25, -0.2) is 4.99 Å². The number of benzene rings is 3. The first-order valence-electron chi connectivity index (χ1n) is 10.2. The van der Waals surface area contributed by atoms with Gasteiger partial charge in [0.25, 0.3) is 5.91 Å². The van der Waals surface area contributed by atoms with Gasteiger partial charge in [-0.3, -0.25) is 4.79 Å². The molecule has 8 heteroatoms.